The van der Waals surface area contributed by atoms with Crippen molar-refractivity contribution in [1.29, 1.82) is 0 Å². The van der Waals surface area contributed by atoms with Gasteiger partial charge in [0, 0.05) is 12.1 Å². The molecule has 0 aliphatic heterocycles. The highest BCUT2D eigenvalue weighted by Gasteiger charge is 2.26. The summed E-state index contributed by atoms with van der Waals surface area (Å²) in [4.78, 5) is 25.3. The van der Waals surface area contributed by atoms with E-state index in [9.17, 15) is 20.2 Å². The van der Waals surface area contributed by atoms with Crippen molar-refractivity contribution in [1.82, 2.24) is 4.98 Å². The molecule has 0 saturated heterocycles. The number of hydrogen-bond donors (Lipinski definition) is 0. The van der Waals surface area contributed by atoms with Gasteiger partial charge in [-0.3, -0.25) is 20.2 Å². The van der Waals surface area contributed by atoms with Gasteiger partial charge in [0.25, 0.3) is 11.4 Å². The third kappa shape index (κ3) is 2.63. The average molecular weight is 333 g/mol. The van der Waals surface area contributed by atoms with Crippen molar-refractivity contribution in [2.45, 2.75) is 9.24 Å². The largest absolute Gasteiger partial charge is 0.290 e. The molecule has 0 saturated carbocycles. The Kier molecular flexibility index (Phi) is 3.73. The molecule has 0 aliphatic carbocycles. The number of fused-ring (bicyclic) bond motifs is 1. The Labute approximate surface area is 131 Å². The zero-order valence-electron chi connectivity index (χ0n) is 10.8. The fourth-order valence-electron chi connectivity index (χ4n) is 1.89. The number of nitro benzene ring substituents is 2. The molecule has 2 aromatic carbocycles. The van der Waals surface area contributed by atoms with Crippen LogP contribution in [0.1, 0.15) is 0 Å². The average Bonchev–Trinajstić information content (AvgIpc) is 2.89. The topological polar surface area (TPSA) is 99.2 Å². The molecule has 0 bridgehead atoms. The highest BCUT2D eigenvalue weighted by Crippen LogP contribution is 2.43. The van der Waals surface area contributed by atoms with Gasteiger partial charge in [0.15, 0.2) is 9.24 Å². The molecule has 3 aromatic rings. The Morgan fingerprint density at radius 2 is 1.59 bits per heavy atom. The van der Waals surface area contributed by atoms with Gasteiger partial charge in [-0.15, -0.1) is 11.3 Å². The Morgan fingerprint density at radius 3 is 2.18 bits per heavy atom. The first kappa shape index (κ1) is 14.4. The van der Waals surface area contributed by atoms with Gasteiger partial charge in [-0.05, 0) is 30.0 Å². The fraction of sp³-hybridized carbons (Fsp3) is 0. The van der Waals surface area contributed by atoms with Crippen LogP contribution in [0.3, 0.4) is 0 Å². The molecular weight excluding hydrogens is 326 g/mol. The fourth-order valence-corrected chi connectivity index (χ4v) is 4.08. The Hall–Kier alpha value is -2.52. The van der Waals surface area contributed by atoms with E-state index in [1.54, 1.807) is 0 Å². The van der Waals surface area contributed by atoms with E-state index in [0.29, 0.717) is 4.34 Å². The number of rotatable bonds is 4. The van der Waals surface area contributed by atoms with E-state index in [-0.39, 0.29) is 16.3 Å². The molecule has 1 aromatic heterocycles. The standard InChI is InChI=1S/C13H7N3O4S2/c17-15(18)9-5-3-6-10(16(19)20)12(9)22-13-14-8-4-1-2-7-11(8)21-13/h1-7H. The highest BCUT2D eigenvalue weighted by atomic mass is 32.2. The van der Waals surface area contributed by atoms with E-state index in [4.69, 9.17) is 0 Å². The highest BCUT2D eigenvalue weighted by molar-refractivity contribution is 8.01. The lowest BCUT2D eigenvalue weighted by molar-refractivity contribution is -0.399. The van der Waals surface area contributed by atoms with Crippen LogP contribution in [-0.4, -0.2) is 14.8 Å². The van der Waals surface area contributed by atoms with Gasteiger partial charge in [0.05, 0.1) is 20.1 Å². The third-order valence-electron chi connectivity index (χ3n) is 2.83. The van der Waals surface area contributed by atoms with E-state index < -0.39 is 9.85 Å². The van der Waals surface area contributed by atoms with Crippen molar-refractivity contribution in [2.75, 3.05) is 0 Å². The minimum Gasteiger partial charge on any atom is -0.258 e. The molecule has 0 aliphatic rings. The van der Waals surface area contributed by atoms with Crippen molar-refractivity contribution < 1.29 is 9.85 Å². The molecule has 0 atom stereocenters. The Bertz CT molecular complexity index is 829. The number of thiazole rings is 1. The number of hydrogen-bond acceptors (Lipinski definition) is 7. The number of nitro groups is 2. The second kappa shape index (κ2) is 5.70. The SMILES string of the molecule is O=[N+]([O-])c1cccc([N+](=O)[O-])c1Sc1nc2ccccc2s1. The monoisotopic (exact) mass is 333 g/mol. The van der Waals surface area contributed by atoms with E-state index in [1.165, 1.54) is 29.5 Å². The van der Waals surface area contributed by atoms with Crippen LogP contribution >= 0.6 is 23.1 Å². The molecule has 110 valence electrons. The normalized spacial score (nSPS) is 10.7. The van der Waals surface area contributed by atoms with Gasteiger partial charge >= 0.3 is 0 Å². The van der Waals surface area contributed by atoms with Crippen molar-refractivity contribution in [3.05, 3.63) is 62.7 Å². The summed E-state index contributed by atoms with van der Waals surface area (Å²) in [6.45, 7) is 0. The molecule has 0 amide bonds. The van der Waals surface area contributed by atoms with Crippen molar-refractivity contribution in [3.8, 4) is 0 Å². The molecule has 3 rings (SSSR count). The maximum Gasteiger partial charge on any atom is 0.290 e. The van der Waals surface area contributed by atoms with Crippen molar-refractivity contribution in [3.63, 3.8) is 0 Å². The Morgan fingerprint density at radius 1 is 0.955 bits per heavy atom. The first-order valence-electron chi connectivity index (χ1n) is 6.01. The van der Waals surface area contributed by atoms with Crippen LogP contribution in [0.25, 0.3) is 10.2 Å². The smallest absolute Gasteiger partial charge is 0.258 e. The predicted molar refractivity (Wildman–Crippen MR) is 83.5 cm³/mol. The molecule has 9 heteroatoms. The van der Waals surface area contributed by atoms with Gasteiger partial charge in [-0.25, -0.2) is 4.98 Å². The van der Waals surface area contributed by atoms with Gasteiger partial charge in [-0.2, -0.15) is 0 Å². The summed E-state index contributed by atoms with van der Waals surface area (Å²) < 4.78 is 1.45. The van der Waals surface area contributed by atoms with Crippen molar-refractivity contribution in [2.24, 2.45) is 0 Å². The quantitative estimate of drug-likeness (QED) is 0.522. The Balaban J connectivity index is 2.10. The van der Waals surface area contributed by atoms with Gasteiger partial charge in [0.2, 0.25) is 0 Å². The second-order valence-corrected chi connectivity index (χ2v) is 6.48. The molecule has 0 N–H and O–H groups in total. The predicted octanol–water partition coefficient (Wildman–Crippen LogP) is 4.26. The van der Waals surface area contributed by atoms with Crippen LogP contribution in [0.5, 0.6) is 0 Å². The van der Waals surface area contributed by atoms with Gasteiger partial charge in [0.1, 0.15) is 0 Å². The number of aromatic nitrogens is 1. The molecule has 0 spiro atoms. The van der Waals surface area contributed by atoms with Gasteiger partial charge in [-0.1, -0.05) is 12.1 Å². The zero-order valence-corrected chi connectivity index (χ0v) is 12.5. The molecule has 22 heavy (non-hydrogen) atoms. The first-order chi connectivity index (χ1) is 10.6. The molecule has 0 fully saturated rings. The van der Waals surface area contributed by atoms with Gasteiger partial charge < -0.3 is 0 Å². The molecular formula is C13H7N3O4S2. The minimum atomic E-state index is -0.622. The lowest BCUT2D eigenvalue weighted by atomic mass is 10.3. The number of nitrogens with zero attached hydrogens (tertiary/aromatic N) is 3. The minimum absolute atomic E-state index is 0.00319. The summed E-state index contributed by atoms with van der Waals surface area (Å²) in [5.41, 5.74) is 0.174. The van der Waals surface area contributed by atoms with E-state index >= 15 is 0 Å². The number of benzene rings is 2. The maximum absolute atomic E-state index is 11.1. The summed E-state index contributed by atoms with van der Waals surface area (Å²) in [5, 5.41) is 22.2. The first-order valence-corrected chi connectivity index (χ1v) is 7.65. The summed E-state index contributed by atoms with van der Waals surface area (Å²) >= 11 is 2.29. The van der Waals surface area contributed by atoms with Crippen LogP contribution in [-0.2, 0) is 0 Å². The van der Waals surface area contributed by atoms with Crippen LogP contribution in [0.4, 0.5) is 11.4 Å². The number of para-hydroxylation sites is 1. The molecule has 7 nitrogen and oxygen atoms in total. The van der Waals surface area contributed by atoms with E-state index in [1.807, 2.05) is 24.3 Å². The summed E-state index contributed by atoms with van der Waals surface area (Å²) in [5.74, 6) is 0. The van der Waals surface area contributed by atoms with E-state index in [2.05, 4.69) is 4.98 Å². The summed E-state index contributed by atoms with van der Waals surface area (Å²) in [6, 6.07) is 11.2. The van der Waals surface area contributed by atoms with Crippen LogP contribution in [0.2, 0.25) is 0 Å². The maximum atomic E-state index is 11.1. The molecule has 1 heterocycles. The summed E-state index contributed by atoms with van der Waals surface area (Å²) in [6.07, 6.45) is 0. The van der Waals surface area contributed by atoms with Crippen LogP contribution in [0, 0.1) is 20.2 Å². The second-order valence-electron chi connectivity index (χ2n) is 4.19. The van der Waals surface area contributed by atoms with Crippen LogP contribution in [0.15, 0.2) is 51.7 Å². The molecule has 0 radical (unpaired) electrons. The van der Waals surface area contributed by atoms with E-state index in [0.717, 1.165) is 22.0 Å². The lowest BCUT2D eigenvalue weighted by Gasteiger charge is -2.01. The zero-order chi connectivity index (χ0) is 15.7. The lowest BCUT2D eigenvalue weighted by Crippen LogP contribution is -1.96. The molecule has 0 unspecified atom stereocenters. The third-order valence-corrected chi connectivity index (χ3v) is 5.05. The van der Waals surface area contributed by atoms with Crippen LogP contribution < -0.4 is 0 Å². The summed E-state index contributed by atoms with van der Waals surface area (Å²) in [7, 11) is 0. The van der Waals surface area contributed by atoms with Crippen molar-refractivity contribution >= 4 is 44.7 Å².